The van der Waals surface area contributed by atoms with Gasteiger partial charge in [0.25, 0.3) is 5.91 Å². The smallest absolute Gasteiger partial charge is 0.251 e. The van der Waals surface area contributed by atoms with Crippen molar-refractivity contribution in [2.75, 3.05) is 25.1 Å². The maximum Gasteiger partial charge on any atom is 0.251 e. The molecule has 6 heteroatoms. The minimum atomic E-state index is -0.276. The molecule has 1 aromatic rings. The molecular weight excluding hydrogens is 174 g/mol. The maximum atomic E-state index is 11.0. The van der Waals surface area contributed by atoms with Crippen molar-refractivity contribution in [2.45, 2.75) is 0 Å². The van der Waals surface area contributed by atoms with Crippen molar-refractivity contribution in [2.24, 2.45) is 5.73 Å². The number of carbonyl (C=O) groups is 1. The van der Waals surface area contributed by atoms with Gasteiger partial charge in [-0.05, 0) is 0 Å². The molecule has 72 valence electrons. The second-order valence-electron chi connectivity index (χ2n) is 2.27. The summed E-state index contributed by atoms with van der Waals surface area (Å²) < 4.78 is 9.41. The highest BCUT2D eigenvalue weighted by molar-refractivity contribution is 5.90. The van der Waals surface area contributed by atoms with Crippen LogP contribution in [0.2, 0.25) is 0 Å². The average Bonchev–Trinajstić information content (AvgIpc) is 2.57. The molecule has 0 aliphatic rings. The van der Waals surface area contributed by atoms with Gasteiger partial charge < -0.3 is 20.3 Å². The maximum absolute atomic E-state index is 11.0. The predicted octanol–water partition coefficient (Wildman–Crippen LogP) is -0.412. The molecule has 1 amide bonds. The van der Waals surface area contributed by atoms with Gasteiger partial charge in [-0.2, -0.15) is 0 Å². The van der Waals surface area contributed by atoms with Crippen LogP contribution in [0.5, 0.6) is 0 Å². The van der Waals surface area contributed by atoms with Gasteiger partial charge in [0.2, 0.25) is 0 Å². The van der Waals surface area contributed by atoms with Crippen molar-refractivity contribution in [3.05, 3.63) is 12.3 Å². The molecule has 0 saturated heterocycles. The van der Waals surface area contributed by atoms with Crippen molar-refractivity contribution >= 4 is 11.7 Å². The fraction of sp³-hybridized carbons (Fsp3) is 0.429. The molecule has 0 saturated carbocycles. The van der Waals surface area contributed by atoms with E-state index in [9.17, 15) is 4.79 Å². The molecule has 0 aromatic carbocycles. The third kappa shape index (κ3) is 3.68. The Morgan fingerprint density at radius 1 is 1.77 bits per heavy atom. The largest absolute Gasteiger partial charge is 0.370 e. The minimum Gasteiger partial charge on any atom is -0.370 e. The molecule has 0 spiro atoms. The third-order valence-corrected chi connectivity index (χ3v) is 1.20. The molecule has 1 rings (SSSR count). The minimum absolute atomic E-state index is 0.0238. The molecule has 0 radical (unpaired) electrons. The lowest BCUT2D eigenvalue weighted by molar-refractivity contribution is -0.120. The quantitative estimate of drug-likeness (QED) is 0.608. The fourth-order valence-corrected chi connectivity index (χ4v) is 0.704. The number of amides is 1. The number of nitrogens with two attached hydrogens (primary N) is 1. The van der Waals surface area contributed by atoms with Gasteiger partial charge in [0.05, 0.1) is 6.61 Å². The zero-order chi connectivity index (χ0) is 9.52. The molecule has 0 aliphatic heterocycles. The zero-order valence-electron chi connectivity index (χ0n) is 7.03. The average molecular weight is 185 g/mol. The van der Waals surface area contributed by atoms with E-state index >= 15 is 0 Å². The second kappa shape index (κ2) is 5.28. The van der Waals surface area contributed by atoms with Gasteiger partial charge in [-0.3, -0.25) is 4.79 Å². The number of anilines is 1. The van der Waals surface area contributed by atoms with Crippen LogP contribution in [0.4, 0.5) is 5.82 Å². The van der Waals surface area contributed by atoms with Crippen LogP contribution in [-0.4, -0.2) is 30.8 Å². The first kappa shape index (κ1) is 9.69. The van der Waals surface area contributed by atoms with Crippen LogP contribution < -0.4 is 11.1 Å². The summed E-state index contributed by atoms with van der Waals surface area (Å²) in [6.45, 7) is 0.744. The number of ether oxygens (including phenoxy) is 1. The Morgan fingerprint density at radius 2 is 2.62 bits per heavy atom. The summed E-state index contributed by atoms with van der Waals surface area (Å²) >= 11 is 0. The summed E-state index contributed by atoms with van der Waals surface area (Å²) in [6.07, 6.45) is 1.37. The molecule has 6 nitrogen and oxygen atoms in total. The Morgan fingerprint density at radius 3 is 3.23 bits per heavy atom. The van der Waals surface area contributed by atoms with Crippen molar-refractivity contribution in [3.8, 4) is 0 Å². The van der Waals surface area contributed by atoms with Gasteiger partial charge in [0.15, 0.2) is 5.82 Å². The Balaban J connectivity index is 2.18. The molecule has 1 heterocycles. The Hall–Kier alpha value is -1.40. The van der Waals surface area contributed by atoms with Crippen molar-refractivity contribution in [3.63, 3.8) is 0 Å². The van der Waals surface area contributed by atoms with E-state index < -0.39 is 0 Å². The summed E-state index contributed by atoms with van der Waals surface area (Å²) in [6, 6.07) is 1.54. The van der Waals surface area contributed by atoms with Crippen LogP contribution in [0, 0.1) is 0 Å². The van der Waals surface area contributed by atoms with Crippen LogP contribution in [-0.2, 0) is 9.53 Å². The molecule has 1 aromatic heterocycles. The monoisotopic (exact) mass is 185 g/mol. The second-order valence-corrected chi connectivity index (χ2v) is 2.27. The zero-order valence-corrected chi connectivity index (χ0v) is 7.03. The molecule has 0 aliphatic carbocycles. The van der Waals surface area contributed by atoms with Crippen LogP contribution in [0.25, 0.3) is 0 Å². The van der Waals surface area contributed by atoms with Gasteiger partial charge in [-0.15, -0.1) is 0 Å². The number of hydrogen-bond donors (Lipinski definition) is 2. The number of nitrogens with one attached hydrogen (secondary N) is 1. The molecular formula is C7H11N3O3. The lowest BCUT2D eigenvalue weighted by Gasteiger charge is -2.01. The predicted molar refractivity (Wildman–Crippen MR) is 45.0 cm³/mol. The lowest BCUT2D eigenvalue weighted by atomic mass is 10.5. The first-order chi connectivity index (χ1) is 6.33. The summed E-state index contributed by atoms with van der Waals surface area (Å²) in [5.74, 6) is 0.101. The Labute approximate surface area is 75.0 Å². The van der Waals surface area contributed by atoms with E-state index in [4.69, 9.17) is 10.5 Å². The summed E-state index contributed by atoms with van der Waals surface area (Å²) in [7, 11) is 0. The number of hydrogen-bond acceptors (Lipinski definition) is 5. The topological polar surface area (TPSA) is 90.4 Å². The van der Waals surface area contributed by atoms with Crippen LogP contribution in [0.15, 0.2) is 16.9 Å². The van der Waals surface area contributed by atoms with Crippen molar-refractivity contribution in [1.29, 1.82) is 0 Å². The van der Waals surface area contributed by atoms with E-state index in [1.54, 1.807) is 6.07 Å². The van der Waals surface area contributed by atoms with Gasteiger partial charge >= 0.3 is 0 Å². The van der Waals surface area contributed by atoms with E-state index in [2.05, 4.69) is 15.0 Å². The molecule has 0 bridgehead atoms. The number of rotatable bonds is 5. The highest BCUT2D eigenvalue weighted by Crippen LogP contribution is 1.99. The normalized spacial score (nSPS) is 9.92. The first-order valence-corrected chi connectivity index (χ1v) is 3.81. The summed E-state index contributed by atoms with van der Waals surface area (Å²) in [5, 5.41) is 5.97. The van der Waals surface area contributed by atoms with Crippen LogP contribution in [0.1, 0.15) is 0 Å². The third-order valence-electron chi connectivity index (χ3n) is 1.20. The highest BCUT2D eigenvalue weighted by Gasteiger charge is 2.03. The molecule has 13 heavy (non-hydrogen) atoms. The van der Waals surface area contributed by atoms with Gasteiger partial charge in [-0.25, -0.2) is 0 Å². The number of aromatic nitrogens is 1. The Bertz CT molecular complexity index is 247. The summed E-state index contributed by atoms with van der Waals surface area (Å²) in [5.41, 5.74) is 5.17. The summed E-state index contributed by atoms with van der Waals surface area (Å²) in [4.78, 5) is 11.0. The number of carbonyl (C=O) groups excluding carboxylic acids is 1. The van der Waals surface area contributed by atoms with Gasteiger partial charge in [0, 0.05) is 12.6 Å². The van der Waals surface area contributed by atoms with E-state index in [-0.39, 0.29) is 12.5 Å². The van der Waals surface area contributed by atoms with E-state index in [1.165, 1.54) is 6.26 Å². The molecule has 0 atom stereocenters. The molecule has 0 fully saturated rings. The van der Waals surface area contributed by atoms with Gasteiger partial charge in [0.1, 0.15) is 12.9 Å². The van der Waals surface area contributed by atoms with Crippen molar-refractivity contribution < 1.29 is 14.1 Å². The number of nitrogens with zero attached hydrogens (tertiary/aromatic N) is 1. The van der Waals surface area contributed by atoms with Crippen LogP contribution in [0.3, 0.4) is 0 Å². The highest BCUT2D eigenvalue weighted by atomic mass is 16.5. The standard InChI is InChI=1S/C7H11N3O3/c8-2-4-12-5-7(11)9-6-1-3-13-10-6/h1,3H,2,4-5,8H2,(H,9,10,11). The first-order valence-electron chi connectivity index (χ1n) is 3.81. The van der Waals surface area contributed by atoms with E-state index in [0.29, 0.717) is 19.0 Å². The van der Waals surface area contributed by atoms with E-state index in [0.717, 1.165) is 0 Å². The van der Waals surface area contributed by atoms with Crippen LogP contribution >= 0.6 is 0 Å². The van der Waals surface area contributed by atoms with Gasteiger partial charge in [-0.1, -0.05) is 5.16 Å². The van der Waals surface area contributed by atoms with E-state index in [1.807, 2.05) is 0 Å². The lowest BCUT2D eigenvalue weighted by Crippen LogP contribution is -2.20. The molecule has 3 N–H and O–H groups in total. The van der Waals surface area contributed by atoms with Crippen molar-refractivity contribution in [1.82, 2.24) is 5.16 Å². The Kier molecular flexibility index (Phi) is 3.94. The fourth-order valence-electron chi connectivity index (χ4n) is 0.704. The molecule has 0 unspecified atom stereocenters. The SMILES string of the molecule is NCCOCC(=O)Nc1ccon1.